The molecule has 2 N–H and O–H groups in total. The van der Waals surface area contributed by atoms with Crippen molar-refractivity contribution in [2.24, 2.45) is 0 Å². The molecule has 0 radical (unpaired) electrons. The summed E-state index contributed by atoms with van der Waals surface area (Å²) in [6.07, 6.45) is 0.433. The highest BCUT2D eigenvalue weighted by molar-refractivity contribution is 6.09. The maximum Gasteiger partial charge on any atom is 0.359 e. The van der Waals surface area contributed by atoms with Gasteiger partial charge in [0, 0.05) is 6.07 Å². The Kier molecular flexibility index (Phi) is 10.1. The number of benzene rings is 1. The first kappa shape index (κ1) is 27.2. The van der Waals surface area contributed by atoms with Gasteiger partial charge < -0.3 is 19.5 Å². The number of ether oxygens (including phenoxy) is 3. The van der Waals surface area contributed by atoms with Crippen molar-refractivity contribution in [2.75, 3.05) is 31.7 Å². The molecule has 0 aromatic heterocycles. The lowest BCUT2D eigenvalue weighted by atomic mass is 10.0. The molecule has 1 aromatic carbocycles. The van der Waals surface area contributed by atoms with Crippen molar-refractivity contribution < 1.29 is 38.4 Å². The molecule has 0 spiro atoms. The first-order valence-electron chi connectivity index (χ1n) is 10.1. The minimum atomic E-state index is -2.47. The fourth-order valence-corrected chi connectivity index (χ4v) is 2.74. The third-order valence-electron chi connectivity index (χ3n) is 4.11. The molecule has 0 amide bonds. The molecule has 14 heteroatoms. The van der Waals surface area contributed by atoms with Gasteiger partial charge in [0.2, 0.25) is 0 Å². The van der Waals surface area contributed by atoms with E-state index in [4.69, 9.17) is 14.2 Å². The molecule has 1 rings (SSSR count). The van der Waals surface area contributed by atoms with Crippen molar-refractivity contribution in [2.45, 2.75) is 39.8 Å². The third kappa shape index (κ3) is 6.35. The van der Waals surface area contributed by atoms with Crippen LogP contribution in [0.3, 0.4) is 0 Å². The quantitative estimate of drug-likeness (QED) is 0.106. The molecular weight excluding hydrogens is 444 g/mol. The van der Waals surface area contributed by atoms with Crippen molar-refractivity contribution in [1.29, 1.82) is 0 Å². The molecule has 33 heavy (non-hydrogen) atoms. The van der Waals surface area contributed by atoms with Gasteiger partial charge in [0.1, 0.15) is 0 Å². The highest BCUT2D eigenvalue weighted by atomic mass is 16.6. The topological polar surface area (TPSA) is 189 Å². The normalized spacial score (nSPS) is 10.8. The minimum absolute atomic E-state index is 0.0659. The van der Waals surface area contributed by atoms with Gasteiger partial charge in [0.15, 0.2) is 5.56 Å². The number of carbonyl (C=O) groups excluding carboxylic acids is 3. The lowest BCUT2D eigenvalue weighted by Crippen LogP contribution is -2.65. The molecule has 0 fully saturated rings. The molecule has 0 heterocycles. The maximum atomic E-state index is 12.9. The predicted molar refractivity (Wildman–Crippen MR) is 114 cm³/mol. The van der Waals surface area contributed by atoms with Crippen molar-refractivity contribution in [1.82, 2.24) is 5.32 Å². The molecule has 182 valence electrons. The summed E-state index contributed by atoms with van der Waals surface area (Å²) in [6, 6.07) is 1.35. The van der Waals surface area contributed by atoms with Crippen molar-refractivity contribution in [3.63, 3.8) is 0 Å². The van der Waals surface area contributed by atoms with Crippen LogP contribution in [0.4, 0.5) is 17.1 Å². The number of nitrogens with zero attached hydrogens (tertiary/aromatic N) is 2. The standard InChI is InChI=1S/C19H26N4O10/c1-5-9-20-19(17(25)32-7-3,18(26)33-8-4)21-13-10-12(22(27)28)11-14(23(29)30)15(13)16(24)31-6-2/h10-11,20-21H,5-9H2,1-4H3. The molecule has 14 nitrogen and oxygen atoms in total. The van der Waals surface area contributed by atoms with Gasteiger partial charge >= 0.3 is 17.9 Å². The Bertz CT molecular complexity index is 900. The lowest BCUT2D eigenvalue weighted by Gasteiger charge is -2.32. The Labute approximate surface area is 188 Å². The van der Waals surface area contributed by atoms with E-state index < -0.39 is 56.0 Å². The van der Waals surface area contributed by atoms with Crippen LogP contribution in [-0.4, -0.2) is 59.8 Å². The molecule has 0 saturated carbocycles. The largest absolute Gasteiger partial charge is 0.463 e. The molecule has 0 unspecified atom stereocenters. The van der Waals surface area contributed by atoms with Crippen LogP contribution in [0, 0.1) is 20.2 Å². The van der Waals surface area contributed by atoms with E-state index in [1.165, 1.54) is 20.8 Å². The SMILES string of the molecule is CCCNC(Nc1cc([N+](=O)[O-])cc([N+](=O)[O-])c1C(=O)OCC)(C(=O)OCC)C(=O)OCC. The second kappa shape index (κ2) is 12.3. The van der Waals surface area contributed by atoms with Crippen LogP contribution in [0.5, 0.6) is 0 Å². The molecule has 0 atom stereocenters. The Morgan fingerprint density at radius 3 is 1.88 bits per heavy atom. The number of nitro groups is 2. The summed E-state index contributed by atoms with van der Waals surface area (Å²) in [7, 11) is 0. The van der Waals surface area contributed by atoms with Gasteiger partial charge in [0.05, 0.1) is 41.4 Å². The highest BCUT2D eigenvalue weighted by Gasteiger charge is 2.50. The van der Waals surface area contributed by atoms with Gasteiger partial charge in [-0.25, -0.2) is 14.4 Å². The van der Waals surface area contributed by atoms with Crippen LogP contribution >= 0.6 is 0 Å². The fraction of sp³-hybridized carbons (Fsp3) is 0.526. The molecular formula is C19H26N4O10. The van der Waals surface area contributed by atoms with E-state index in [0.717, 1.165) is 6.07 Å². The number of non-ortho nitro benzene ring substituents is 1. The Balaban J connectivity index is 3.92. The number of esters is 3. The van der Waals surface area contributed by atoms with Crippen LogP contribution in [0.2, 0.25) is 0 Å². The van der Waals surface area contributed by atoms with Gasteiger partial charge in [-0.3, -0.25) is 25.5 Å². The van der Waals surface area contributed by atoms with Crippen molar-refractivity contribution in [3.8, 4) is 0 Å². The zero-order valence-corrected chi connectivity index (χ0v) is 18.7. The first-order valence-corrected chi connectivity index (χ1v) is 10.1. The van der Waals surface area contributed by atoms with Gasteiger partial charge in [-0.1, -0.05) is 6.92 Å². The lowest BCUT2D eigenvalue weighted by molar-refractivity contribution is -0.394. The third-order valence-corrected chi connectivity index (χ3v) is 4.11. The second-order valence-corrected chi connectivity index (χ2v) is 6.36. The Hall–Kier alpha value is -3.81. The average molecular weight is 470 g/mol. The van der Waals surface area contributed by atoms with E-state index in [1.54, 1.807) is 6.92 Å². The summed E-state index contributed by atoms with van der Waals surface area (Å²) >= 11 is 0. The van der Waals surface area contributed by atoms with E-state index >= 15 is 0 Å². The number of nitro benzene ring substituents is 2. The highest BCUT2D eigenvalue weighted by Crippen LogP contribution is 2.34. The number of rotatable bonds is 13. The first-order chi connectivity index (χ1) is 15.6. The van der Waals surface area contributed by atoms with Crippen LogP contribution in [0.1, 0.15) is 44.5 Å². The van der Waals surface area contributed by atoms with Crippen LogP contribution in [0.15, 0.2) is 12.1 Å². The van der Waals surface area contributed by atoms with Crippen LogP contribution in [-0.2, 0) is 23.8 Å². The number of carbonyl (C=O) groups is 3. The summed E-state index contributed by atoms with van der Waals surface area (Å²) in [5.74, 6) is -3.53. The summed E-state index contributed by atoms with van der Waals surface area (Å²) in [5, 5.41) is 28.1. The van der Waals surface area contributed by atoms with Gasteiger partial charge in [0.25, 0.3) is 17.0 Å². The number of hydrogen-bond acceptors (Lipinski definition) is 12. The summed E-state index contributed by atoms with van der Waals surface area (Å²) in [5.41, 5.74) is -5.48. The minimum Gasteiger partial charge on any atom is -0.463 e. The zero-order chi connectivity index (χ0) is 25.2. The predicted octanol–water partition coefficient (Wildman–Crippen LogP) is 1.91. The molecule has 0 aliphatic rings. The Morgan fingerprint density at radius 2 is 1.45 bits per heavy atom. The Morgan fingerprint density at radius 1 is 0.909 bits per heavy atom. The van der Waals surface area contributed by atoms with Crippen molar-refractivity contribution in [3.05, 3.63) is 37.9 Å². The molecule has 0 saturated heterocycles. The van der Waals surface area contributed by atoms with Gasteiger partial charge in [-0.05, 0) is 33.7 Å². The van der Waals surface area contributed by atoms with E-state index in [0.29, 0.717) is 12.5 Å². The summed E-state index contributed by atoms with van der Waals surface area (Å²) in [4.78, 5) is 59.4. The second-order valence-electron chi connectivity index (χ2n) is 6.36. The molecule has 1 aromatic rings. The van der Waals surface area contributed by atoms with E-state index in [9.17, 15) is 34.6 Å². The van der Waals surface area contributed by atoms with E-state index in [2.05, 4.69) is 10.6 Å². The van der Waals surface area contributed by atoms with Gasteiger partial charge in [-0.2, -0.15) is 0 Å². The molecule has 0 aliphatic carbocycles. The van der Waals surface area contributed by atoms with Crippen LogP contribution in [0.25, 0.3) is 0 Å². The molecule has 0 aliphatic heterocycles. The summed E-state index contributed by atoms with van der Waals surface area (Å²) < 4.78 is 14.9. The maximum absolute atomic E-state index is 12.9. The smallest absolute Gasteiger partial charge is 0.359 e. The van der Waals surface area contributed by atoms with Gasteiger partial charge in [-0.15, -0.1) is 0 Å². The number of anilines is 1. The molecule has 0 bridgehead atoms. The van der Waals surface area contributed by atoms with E-state index in [-0.39, 0.29) is 26.4 Å². The monoisotopic (exact) mass is 470 g/mol. The van der Waals surface area contributed by atoms with Crippen LogP contribution < -0.4 is 10.6 Å². The summed E-state index contributed by atoms with van der Waals surface area (Å²) in [6.45, 7) is 5.76. The average Bonchev–Trinajstić information content (AvgIpc) is 2.76. The number of nitrogens with one attached hydrogen (secondary N) is 2. The fourth-order valence-electron chi connectivity index (χ4n) is 2.74. The van der Waals surface area contributed by atoms with Crippen molar-refractivity contribution >= 4 is 35.0 Å². The number of hydrogen-bond donors (Lipinski definition) is 2. The zero-order valence-electron chi connectivity index (χ0n) is 18.7. The van der Waals surface area contributed by atoms with E-state index in [1.807, 2.05) is 0 Å².